The first-order chi connectivity index (χ1) is 6.19. The molecular weight excluding hydrogens is 166 g/mol. The quantitative estimate of drug-likeness (QED) is 0.516. The van der Waals surface area contributed by atoms with E-state index in [2.05, 4.69) is 0 Å². The maximum Gasteiger partial charge on any atom is 0.183 e. The third kappa shape index (κ3) is 2.26. The van der Waals surface area contributed by atoms with Gasteiger partial charge in [-0.05, 0) is 6.92 Å². The highest BCUT2D eigenvalue weighted by Gasteiger charge is 2.13. The molecule has 0 saturated carbocycles. The van der Waals surface area contributed by atoms with E-state index in [4.69, 9.17) is 9.47 Å². The highest BCUT2D eigenvalue weighted by molar-refractivity contribution is 5.20. The lowest BCUT2D eigenvalue weighted by Gasteiger charge is -2.14. The van der Waals surface area contributed by atoms with Crippen LogP contribution < -0.4 is 4.57 Å². The molecule has 0 saturated heterocycles. The van der Waals surface area contributed by atoms with Gasteiger partial charge in [0.05, 0.1) is 0 Å². The molecule has 13 heavy (non-hydrogen) atoms. The van der Waals surface area contributed by atoms with E-state index in [1.54, 1.807) is 14.2 Å². The number of nitrogens with zero attached hydrogens (tertiary/aromatic N) is 1. The van der Waals surface area contributed by atoms with Crippen molar-refractivity contribution in [3.63, 3.8) is 0 Å². The van der Waals surface area contributed by atoms with Gasteiger partial charge >= 0.3 is 0 Å². The van der Waals surface area contributed by atoms with E-state index in [0.29, 0.717) is 0 Å². The van der Waals surface area contributed by atoms with Crippen LogP contribution in [0.2, 0.25) is 0 Å². The predicted molar refractivity (Wildman–Crippen MR) is 49.1 cm³/mol. The number of hydrogen-bond acceptors (Lipinski definition) is 2. The van der Waals surface area contributed by atoms with Crippen molar-refractivity contribution in [2.45, 2.75) is 13.2 Å². The number of hydrogen-bond donors (Lipinski definition) is 0. The molecule has 72 valence electrons. The molecule has 0 amide bonds. The van der Waals surface area contributed by atoms with Crippen molar-refractivity contribution in [3.8, 4) is 0 Å². The summed E-state index contributed by atoms with van der Waals surface area (Å²) in [5.74, 6) is 0. The van der Waals surface area contributed by atoms with Gasteiger partial charge in [0.25, 0.3) is 0 Å². The summed E-state index contributed by atoms with van der Waals surface area (Å²) < 4.78 is 12.4. The summed E-state index contributed by atoms with van der Waals surface area (Å²) in [6.45, 7) is 2.04. The van der Waals surface area contributed by atoms with Crippen molar-refractivity contribution in [2.75, 3.05) is 14.2 Å². The van der Waals surface area contributed by atoms with Gasteiger partial charge in [0.15, 0.2) is 18.7 Å². The summed E-state index contributed by atoms with van der Waals surface area (Å²) in [5, 5.41) is 0. The lowest BCUT2D eigenvalue weighted by atomic mass is 10.1. The van der Waals surface area contributed by atoms with E-state index in [9.17, 15) is 0 Å². The summed E-state index contributed by atoms with van der Waals surface area (Å²) >= 11 is 0. The molecule has 0 aliphatic rings. The van der Waals surface area contributed by atoms with E-state index in [1.807, 2.05) is 37.0 Å². The summed E-state index contributed by atoms with van der Waals surface area (Å²) in [7, 11) is 5.27. The van der Waals surface area contributed by atoms with Crippen LogP contribution in [-0.2, 0) is 16.5 Å². The van der Waals surface area contributed by atoms with Gasteiger partial charge in [-0.3, -0.25) is 0 Å². The molecule has 1 heterocycles. The predicted octanol–water partition coefficient (Wildman–Crippen LogP) is 1.11. The van der Waals surface area contributed by atoms with Crippen LogP contribution >= 0.6 is 0 Å². The van der Waals surface area contributed by atoms with E-state index < -0.39 is 0 Å². The van der Waals surface area contributed by atoms with Crippen molar-refractivity contribution in [1.82, 2.24) is 0 Å². The maximum atomic E-state index is 5.17. The van der Waals surface area contributed by atoms with Gasteiger partial charge in [-0.25, -0.2) is 4.57 Å². The molecule has 1 rings (SSSR count). The largest absolute Gasteiger partial charge is 0.352 e. The Labute approximate surface area is 78.9 Å². The fourth-order valence-electron chi connectivity index (χ4n) is 1.37. The zero-order valence-corrected chi connectivity index (χ0v) is 8.57. The van der Waals surface area contributed by atoms with E-state index in [1.165, 1.54) is 5.56 Å². The molecule has 0 atom stereocenters. The minimum atomic E-state index is -0.263. The average molecular weight is 182 g/mol. The minimum Gasteiger partial charge on any atom is -0.352 e. The summed E-state index contributed by atoms with van der Waals surface area (Å²) in [6.07, 6.45) is 3.76. The van der Waals surface area contributed by atoms with Gasteiger partial charge in [0.2, 0.25) is 0 Å². The molecule has 0 N–H and O–H groups in total. The second-order valence-corrected chi connectivity index (χ2v) is 3.05. The Morgan fingerprint density at radius 1 is 1.31 bits per heavy atom. The number of aryl methyl sites for hydroxylation is 2. The van der Waals surface area contributed by atoms with Crippen molar-refractivity contribution in [1.29, 1.82) is 0 Å². The molecule has 0 unspecified atom stereocenters. The number of aromatic nitrogens is 1. The van der Waals surface area contributed by atoms with Gasteiger partial charge in [-0.1, -0.05) is 0 Å². The van der Waals surface area contributed by atoms with Crippen LogP contribution in [0.5, 0.6) is 0 Å². The molecule has 1 aromatic rings. The lowest BCUT2D eigenvalue weighted by Crippen LogP contribution is -2.27. The zero-order valence-electron chi connectivity index (χ0n) is 8.57. The van der Waals surface area contributed by atoms with E-state index >= 15 is 0 Å². The molecule has 0 fully saturated rings. The van der Waals surface area contributed by atoms with Crippen LogP contribution in [0.3, 0.4) is 0 Å². The Hall–Kier alpha value is -0.930. The normalized spacial score (nSPS) is 10.8. The maximum absolute atomic E-state index is 5.17. The topological polar surface area (TPSA) is 22.3 Å². The van der Waals surface area contributed by atoms with Crippen LogP contribution in [0.1, 0.15) is 17.4 Å². The molecule has 0 bridgehead atoms. The number of rotatable bonds is 3. The second kappa shape index (κ2) is 4.35. The Balaban J connectivity index is 2.99. The number of pyridine rings is 1. The van der Waals surface area contributed by atoms with Crippen molar-refractivity contribution in [2.24, 2.45) is 7.05 Å². The molecular formula is C10H16NO2+. The summed E-state index contributed by atoms with van der Waals surface area (Å²) in [4.78, 5) is 0. The second-order valence-electron chi connectivity index (χ2n) is 3.05. The molecule has 0 spiro atoms. The SMILES string of the molecule is COC(OC)c1cc[n+](C)cc1C. The van der Waals surface area contributed by atoms with Crippen molar-refractivity contribution < 1.29 is 14.0 Å². The Morgan fingerprint density at radius 3 is 2.38 bits per heavy atom. The molecule has 0 aliphatic carbocycles. The van der Waals surface area contributed by atoms with Crippen LogP contribution in [0.25, 0.3) is 0 Å². The van der Waals surface area contributed by atoms with Crippen LogP contribution in [0, 0.1) is 6.92 Å². The third-order valence-corrected chi connectivity index (χ3v) is 2.02. The molecule has 0 radical (unpaired) electrons. The molecule has 1 aromatic heterocycles. The Kier molecular flexibility index (Phi) is 3.39. The van der Waals surface area contributed by atoms with Crippen LogP contribution in [0.15, 0.2) is 18.5 Å². The van der Waals surface area contributed by atoms with E-state index in [-0.39, 0.29) is 6.29 Å². The summed E-state index contributed by atoms with van der Waals surface area (Å²) in [5.41, 5.74) is 2.24. The van der Waals surface area contributed by atoms with Gasteiger partial charge in [-0.15, -0.1) is 0 Å². The highest BCUT2D eigenvalue weighted by Crippen LogP contribution is 2.18. The van der Waals surface area contributed by atoms with E-state index in [0.717, 1.165) is 5.56 Å². The smallest absolute Gasteiger partial charge is 0.183 e. The fourth-order valence-corrected chi connectivity index (χ4v) is 1.37. The average Bonchev–Trinajstić information content (AvgIpc) is 2.10. The van der Waals surface area contributed by atoms with Gasteiger partial charge in [0, 0.05) is 31.4 Å². The first kappa shape index (κ1) is 10.2. The van der Waals surface area contributed by atoms with Crippen LogP contribution in [-0.4, -0.2) is 14.2 Å². The molecule has 3 nitrogen and oxygen atoms in total. The highest BCUT2D eigenvalue weighted by atomic mass is 16.7. The van der Waals surface area contributed by atoms with Gasteiger partial charge in [-0.2, -0.15) is 0 Å². The van der Waals surface area contributed by atoms with Gasteiger partial charge in [0.1, 0.15) is 7.05 Å². The lowest BCUT2D eigenvalue weighted by molar-refractivity contribution is -0.672. The first-order valence-electron chi connectivity index (χ1n) is 4.20. The number of methoxy groups -OCH3 is 2. The number of ether oxygens (including phenoxy) is 2. The van der Waals surface area contributed by atoms with Crippen molar-refractivity contribution >= 4 is 0 Å². The Morgan fingerprint density at radius 2 is 1.92 bits per heavy atom. The molecule has 0 aromatic carbocycles. The van der Waals surface area contributed by atoms with Gasteiger partial charge < -0.3 is 9.47 Å². The van der Waals surface area contributed by atoms with Crippen molar-refractivity contribution in [3.05, 3.63) is 29.6 Å². The van der Waals surface area contributed by atoms with Crippen LogP contribution in [0.4, 0.5) is 0 Å². The Bertz CT molecular complexity index is 282. The minimum absolute atomic E-state index is 0.263. The molecule has 3 heteroatoms. The zero-order chi connectivity index (χ0) is 9.84. The fraction of sp³-hybridized carbons (Fsp3) is 0.500. The monoisotopic (exact) mass is 182 g/mol. The molecule has 0 aliphatic heterocycles. The summed E-state index contributed by atoms with van der Waals surface area (Å²) in [6, 6.07) is 2.01. The first-order valence-corrected chi connectivity index (χ1v) is 4.20. The standard InChI is InChI=1S/C10H16NO2/c1-8-7-11(2)6-5-9(8)10(12-3)13-4/h5-7,10H,1-4H3/q+1. The third-order valence-electron chi connectivity index (χ3n) is 2.02.